The first-order valence-electron chi connectivity index (χ1n) is 13.7. The second kappa shape index (κ2) is 10.3. The van der Waals surface area contributed by atoms with Crippen molar-refractivity contribution in [3.05, 3.63) is 53.7 Å². The summed E-state index contributed by atoms with van der Waals surface area (Å²) in [5.41, 5.74) is 5.15. The van der Waals surface area contributed by atoms with Gasteiger partial charge in [-0.3, -0.25) is 4.79 Å². The van der Waals surface area contributed by atoms with Crippen molar-refractivity contribution < 1.29 is 9.53 Å². The summed E-state index contributed by atoms with van der Waals surface area (Å²) in [5.74, 6) is 1.62. The van der Waals surface area contributed by atoms with Gasteiger partial charge in [-0.15, -0.1) is 0 Å². The topological polar surface area (TPSA) is 88.8 Å². The maximum Gasteiger partial charge on any atom is 0.246 e. The summed E-state index contributed by atoms with van der Waals surface area (Å²) >= 11 is 0. The quantitative estimate of drug-likeness (QED) is 0.544. The van der Waals surface area contributed by atoms with Crippen molar-refractivity contribution >= 4 is 23.4 Å². The third-order valence-electron chi connectivity index (χ3n) is 8.61. The fourth-order valence-electron chi connectivity index (χ4n) is 6.46. The second-order valence-corrected chi connectivity index (χ2v) is 10.7. The Morgan fingerprint density at radius 2 is 2.00 bits per heavy atom. The number of ether oxygens (including phenoxy) is 1. The fourth-order valence-corrected chi connectivity index (χ4v) is 6.46. The second-order valence-electron chi connectivity index (χ2n) is 10.7. The van der Waals surface area contributed by atoms with E-state index in [1.807, 2.05) is 0 Å². The van der Waals surface area contributed by atoms with E-state index >= 15 is 0 Å². The minimum atomic E-state index is -0.187. The molecule has 4 heterocycles. The number of piperazine rings is 1. The first-order chi connectivity index (χ1) is 18.6. The highest BCUT2D eigenvalue weighted by molar-refractivity contribution is 5.87. The SMILES string of the molecule is C=CC(=O)N1CCN(c2nc(N3CC(OC)C3)nc3c2CC[C@H](N2CCc4ccccc42)C3)C[C@@H]1CC#N. The van der Waals surface area contributed by atoms with Gasteiger partial charge >= 0.3 is 0 Å². The van der Waals surface area contributed by atoms with Crippen LogP contribution in [0.4, 0.5) is 17.5 Å². The van der Waals surface area contributed by atoms with E-state index in [1.165, 1.54) is 22.9 Å². The van der Waals surface area contributed by atoms with E-state index in [0.717, 1.165) is 62.8 Å². The lowest BCUT2D eigenvalue weighted by Gasteiger charge is -2.43. The van der Waals surface area contributed by atoms with Crippen LogP contribution in [0.5, 0.6) is 0 Å². The molecule has 2 fully saturated rings. The maximum atomic E-state index is 12.5. The first kappa shape index (κ1) is 24.7. The van der Waals surface area contributed by atoms with Gasteiger partial charge in [0.2, 0.25) is 11.9 Å². The van der Waals surface area contributed by atoms with Gasteiger partial charge in [-0.2, -0.15) is 10.2 Å². The van der Waals surface area contributed by atoms with E-state index in [0.29, 0.717) is 25.7 Å². The van der Waals surface area contributed by atoms with E-state index in [-0.39, 0.29) is 24.5 Å². The molecule has 1 aliphatic carbocycles. The molecule has 2 aromatic rings. The first-order valence-corrected chi connectivity index (χ1v) is 13.7. The maximum absolute atomic E-state index is 12.5. The molecule has 198 valence electrons. The third-order valence-corrected chi connectivity index (χ3v) is 8.61. The summed E-state index contributed by atoms with van der Waals surface area (Å²) in [6.45, 7) is 8.09. The number of rotatable bonds is 6. The molecule has 0 bridgehead atoms. The van der Waals surface area contributed by atoms with Crippen LogP contribution in [0.2, 0.25) is 0 Å². The summed E-state index contributed by atoms with van der Waals surface area (Å²) in [6, 6.07) is 11.3. The monoisotopic (exact) mass is 513 g/mol. The van der Waals surface area contributed by atoms with E-state index < -0.39 is 0 Å². The standard InChI is InChI=1S/C29H35N7O2/c1-3-27(37)36-15-14-33(17-22(36)10-12-30)28-24-9-8-21(35-13-11-20-6-4-5-7-26(20)35)16-25(24)31-29(32-28)34-18-23(19-34)38-2/h3-7,21-23H,1,8-11,13-19H2,2H3/t21-,22-/m0/s1. The van der Waals surface area contributed by atoms with Gasteiger partial charge in [0.1, 0.15) is 5.82 Å². The molecule has 0 spiro atoms. The van der Waals surface area contributed by atoms with Gasteiger partial charge in [-0.25, -0.2) is 4.98 Å². The molecule has 38 heavy (non-hydrogen) atoms. The van der Waals surface area contributed by atoms with Crippen molar-refractivity contribution in [2.75, 3.05) is 61.1 Å². The summed E-state index contributed by atoms with van der Waals surface area (Å²) in [7, 11) is 1.75. The summed E-state index contributed by atoms with van der Waals surface area (Å²) in [5, 5.41) is 9.47. The van der Waals surface area contributed by atoms with Crippen LogP contribution in [-0.2, 0) is 28.8 Å². The van der Waals surface area contributed by atoms with Crippen LogP contribution in [0, 0.1) is 11.3 Å². The predicted molar refractivity (Wildman–Crippen MR) is 146 cm³/mol. The predicted octanol–water partition coefficient (Wildman–Crippen LogP) is 2.35. The molecule has 1 aromatic carbocycles. The number of hydrogen-bond donors (Lipinski definition) is 0. The van der Waals surface area contributed by atoms with Crippen molar-refractivity contribution in [3.8, 4) is 6.07 Å². The molecule has 0 N–H and O–H groups in total. The lowest BCUT2D eigenvalue weighted by Crippen LogP contribution is -2.56. The lowest BCUT2D eigenvalue weighted by atomic mass is 9.90. The zero-order valence-electron chi connectivity index (χ0n) is 22.1. The Bertz CT molecular complexity index is 1270. The Hall–Kier alpha value is -3.64. The van der Waals surface area contributed by atoms with Crippen molar-refractivity contribution in [1.29, 1.82) is 5.26 Å². The van der Waals surface area contributed by atoms with Crippen LogP contribution in [0.3, 0.4) is 0 Å². The largest absolute Gasteiger partial charge is 0.378 e. The molecule has 1 amide bonds. The van der Waals surface area contributed by atoms with Crippen molar-refractivity contribution in [2.45, 2.75) is 50.3 Å². The minimum Gasteiger partial charge on any atom is -0.378 e. The average Bonchev–Trinajstić information content (AvgIpc) is 3.36. The number of carbonyl (C=O) groups is 1. The molecule has 4 aliphatic rings. The molecule has 0 saturated carbocycles. The summed E-state index contributed by atoms with van der Waals surface area (Å²) in [6.07, 6.45) is 5.81. The van der Waals surface area contributed by atoms with Gasteiger partial charge in [0.05, 0.1) is 30.3 Å². The number of nitriles is 1. The summed E-state index contributed by atoms with van der Waals surface area (Å²) < 4.78 is 5.51. The number of anilines is 3. The number of carbonyl (C=O) groups excluding carboxylic acids is 1. The van der Waals surface area contributed by atoms with Crippen LogP contribution in [0.25, 0.3) is 0 Å². The minimum absolute atomic E-state index is 0.116. The molecule has 3 aliphatic heterocycles. The van der Waals surface area contributed by atoms with Crippen LogP contribution >= 0.6 is 0 Å². The number of nitrogens with zero attached hydrogens (tertiary/aromatic N) is 7. The molecule has 0 radical (unpaired) electrons. The van der Waals surface area contributed by atoms with Crippen LogP contribution in [-0.4, -0.2) is 85.3 Å². The Morgan fingerprint density at radius 1 is 1.16 bits per heavy atom. The average molecular weight is 514 g/mol. The Kier molecular flexibility index (Phi) is 6.66. The van der Waals surface area contributed by atoms with Crippen molar-refractivity contribution in [3.63, 3.8) is 0 Å². The van der Waals surface area contributed by atoms with E-state index in [4.69, 9.17) is 14.7 Å². The van der Waals surface area contributed by atoms with E-state index in [1.54, 1.807) is 12.0 Å². The lowest BCUT2D eigenvalue weighted by molar-refractivity contribution is -0.128. The van der Waals surface area contributed by atoms with Crippen LogP contribution in [0.1, 0.15) is 29.7 Å². The molecule has 2 saturated heterocycles. The zero-order chi connectivity index (χ0) is 26.2. The molecule has 1 aromatic heterocycles. The number of methoxy groups -OCH3 is 1. The van der Waals surface area contributed by atoms with Gasteiger partial charge in [0, 0.05) is 70.1 Å². The number of para-hydroxylation sites is 1. The van der Waals surface area contributed by atoms with Gasteiger partial charge in [-0.1, -0.05) is 24.8 Å². The highest BCUT2D eigenvalue weighted by Gasteiger charge is 2.37. The number of benzene rings is 1. The summed E-state index contributed by atoms with van der Waals surface area (Å²) in [4.78, 5) is 31.5. The molecule has 9 heteroatoms. The van der Waals surface area contributed by atoms with E-state index in [2.05, 4.69) is 51.6 Å². The normalized spacial score (nSPS) is 22.9. The highest BCUT2D eigenvalue weighted by atomic mass is 16.5. The molecular weight excluding hydrogens is 478 g/mol. The van der Waals surface area contributed by atoms with Gasteiger partial charge in [-0.05, 0) is 37.0 Å². The Morgan fingerprint density at radius 3 is 2.79 bits per heavy atom. The van der Waals surface area contributed by atoms with Crippen LogP contribution in [0.15, 0.2) is 36.9 Å². The molecule has 0 unspecified atom stereocenters. The number of aromatic nitrogens is 2. The van der Waals surface area contributed by atoms with E-state index in [9.17, 15) is 10.1 Å². The molecular formula is C29H35N7O2. The molecule has 9 nitrogen and oxygen atoms in total. The van der Waals surface area contributed by atoms with Gasteiger partial charge < -0.3 is 24.3 Å². The molecule has 2 atom stereocenters. The number of amides is 1. The zero-order valence-corrected chi connectivity index (χ0v) is 22.1. The number of fused-ring (bicyclic) bond motifs is 2. The number of hydrogen-bond acceptors (Lipinski definition) is 8. The van der Waals surface area contributed by atoms with Crippen LogP contribution < -0.4 is 14.7 Å². The third kappa shape index (κ3) is 4.37. The van der Waals surface area contributed by atoms with Crippen molar-refractivity contribution in [1.82, 2.24) is 14.9 Å². The smallest absolute Gasteiger partial charge is 0.246 e. The Balaban J connectivity index is 1.31. The molecule has 6 rings (SSSR count). The fraction of sp³-hybridized carbons (Fsp3) is 0.517. The van der Waals surface area contributed by atoms with Gasteiger partial charge in [0.15, 0.2) is 0 Å². The van der Waals surface area contributed by atoms with Crippen molar-refractivity contribution in [2.24, 2.45) is 0 Å². The Labute approximate surface area is 224 Å². The highest BCUT2D eigenvalue weighted by Crippen LogP contribution is 2.37. The van der Waals surface area contributed by atoms with Gasteiger partial charge in [0.25, 0.3) is 0 Å².